The maximum absolute atomic E-state index is 11.6. The lowest BCUT2D eigenvalue weighted by Crippen LogP contribution is -2.33. The van der Waals surface area contributed by atoms with E-state index in [-0.39, 0.29) is 16.4 Å². The van der Waals surface area contributed by atoms with Crippen LogP contribution in [0.15, 0.2) is 48.5 Å². The first kappa shape index (κ1) is 19.9. The lowest BCUT2D eigenvalue weighted by atomic mass is 10.1. The summed E-state index contributed by atoms with van der Waals surface area (Å²) in [7, 11) is 1.31. The molecular formula is C20H20N2O5S. The highest BCUT2D eigenvalue weighted by atomic mass is 32.2. The van der Waals surface area contributed by atoms with Crippen LogP contribution in [0.2, 0.25) is 0 Å². The van der Waals surface area contributed by atoms with Gasteiger partial charge in [-0.25, -0.2) is 0 Å². The average Bonchev–Trinajstić information content (AvgIpc) is 3.01. The number of rotatable bonds is 7. The number of methoxy groups -OCH3 is 1. The first-order chi connectivity index (χ1) is 13.4. The molecule has 1 unspecified atom stereocenters. The summed E-state index contributed by atoms with van der Waals surface area (Å²) in [6, 6.07) is 14.0. The van der Waals surface area contributed by atoms with E-state index in [1.54, 1.807) is 12.1 Å². The molecular weight excluding hydrogens is 380 g/mol. The van der Waals surface area contributed by atoms with Crippen LogP contribution in [0.3, 0.4) is 0 Å². The Morgan fingerprint density at radius 2 is 1.64 bits per heavy atom. The molecule has 0 radical (unpaired) electrons. The van der Waals surface area contributed by atoms with Crippen LogP contribution < -0.4 is 15.8 Å². The lowest BCUT2D eigenvalue weighted by molar-refractivity contribution is -0.142. The topological polar surface area (TPSA) is 108 Å². The van der Waals surface area contributed by atoms with Crippen molar-refractivity contribution in [3.05, 3.63) is 59.7 Å². The van der Waals surface area contributed by atoms with E-state index in [0.29, 0.717) is 24.3 Å². The van der Waals surface area contributed by atoms with Crippen molar-refractivity contribution in [2.45, 2.75) is 24.1 Å². The largest absolute Gasteiger partial charge is 0.468 e. The molecule has 2 atom stereocenters. The first-order valence-corrected chi connectivity index (χ1v) is 9.53. The third kappa shape index (κ3) is 5.11. The summed E-state index contributed by atoms with van der Waals surface area (Å²) in [6.45, 7) is 0. The van der Waals surface area contributed by atoms with Crippen LogP contribution in [-0.4, -0.2) is 35.5 Å². The van der Waals surface area contributed by atoms with Crippen LogP contribution in [0.5, 0.6) is 11.5 Å². The number of imide groups is 1. The predicted octanol–water partition coefficient (Wildman–Crippen LogP) is 2.42. The number of thioether (sulfide) groups is 1. The fourth-order valence-electron chi connectivity index (χ4n) is 2.75. The van der Waals surface area contributed by atoms with Crippen LogP contribution in [-0.2, 0) is 27.2 Å². The van der Waals surface area contributed by atoms with Crippen LogP contribution in [0, 0.1) is 0 Å². The molecule has 1 heterocycles. The molecule has 2 aromatic rings. The highest BCUT2D eigenvalue weighted by molar-refractivity contribution is 8.15. The zero-order valence-electron chi connectivity index (χ0n) is 15.2. The number of benzene rings is 2. The predicted molar refractivity (Wildman–Crippen MR) is 105 cm³/mol. The van der Waals surface area contributed by atoms with Gasteiger partial charge in [-0.1, -0.05) is 36.0 Å². The molecule has 3 rings (SSSR count). The number of carbonyl (C=O) groups is 3. The fraction of sp³-hybridized carbons (Fsp3) is 0.250. The molecule has 28 heavy (non-hydrogen) atoms. The number of carbonyl (C=O) groups excluding carboxylic acids is 3. The molecule has 3 N–H and O–H groups in total. The van der Waals surface area contributed by atoms with Gasteiger partial charge in [-0.2, -0.15) is 0 Å². The molecule has 1 saturated heterocycles. The summed E-state index contributed by atoms with van der Waals surface area (Å²) in [5.41, 5.74) is 7.61. The molecule has 2 amide bonds. The zero-order chi connectivity index (χ0) is 20.1. The normalized spacial score (nSPS) is 17.1. The second-order valence-corrected chi connectivity index (χ2v) is 7.49. The van der Waals surface area contributed by atoms with Crippen molar-refractivity contribution in [2.24, 2.45) is 5.73 Å². The van der Waals surface area contributed by atoms with E-state index in [1.807, 2.05) is 36.4 Å². The maximum atomic E-state index is 11.6. The Morgan fingerprint density at radius 3 is 2.14 bits per heavy atom. The number of amides is 2. The third-order valence-electron chi connectivity index (χ3n) is 4.23. The second kappa shape index (κ2) is 8.90. The van der Waals surface area contributed by atoms with Gasteiger partial charge in [0.05, 0.1) is 12.4 Å². The van der Waals surface area contributed by atoms with E-state index in [1.165, 1.54) is 7.11 Å². The molecule has 0 spiro atoms. The summed E-state index contributed by atoms with van der Waals surface area (Å²) in [5.74, 6) is 0.613. The third-order valence-corrected chi connectivity index (χ3v) is 5.21. The van der Waals surface area contributed by atoms with Crippen molar-refractivity contribution in [1.29, 1.82) is 0 Å². The van der Waals surface area contributed by atoms with Gasteiger partial charge in [-0.15, -0.1) is 0 Å². The summed E-state index contributed by atoms with van der Waals surface area (Å²) in [5, 5.41) is 1.60. The fourth-order valence-corrected chi connectivity index (χ4v) is 3.61. The van der Waals surface area contributed by atoms with Gasteiger partial charge < -0.3 is 15.2 Å². The Hall–Kier alpha value is -2.84. The molecule has 8 heteroatoms. The number of hydrogen-bond donors (Lipinski definition) is 2. The Kier molecular flexibility index (Phi) is 6.33. The van der Waals surface area contributed by atoms with Crippen LogP contribution >= 0.6 is 11.8 Å². The van der Waals surface area contributed by atoms with Crippen molar-refractivity contribution in [1.82, 2.24) is 5.32 Å². The summed E-state index contributed by atoms with van der Waals surface area (Å²) in [6.07, 6.45) is 0.870. The molecule has 146 valence electrons. The van der Waals surface area contributed by atoms with Gasteiger partial charge in [0.15, 0.2) is 0 Å². The lowest BCUT2D eigenvalue weighted by Gasteiger charge is -2.11. The smallest absolute Gasteiger partial charge is 0.322 e. The summed E-state index contributed by atoms with van der Waals surface area (Å²) < 4.78 is 10.4. The molecule has 0 bridgehead atoms. The number of nitrogens with two attached hydrogens (primary N) is 1. The molecule has 2 aromatic carbocycles. The molecule has 7 nitrogen and oxygen atoms in total. The van der Waals surface area contributed by atoms with E-state index in [2.05, 4.69) is 10.1 Å². The number of ether oxygens (including phenoxy) is 2. The van der Waals surface area contributed by atoms with Gasteiger partial charge in [-0.05, 0) is 48.2 Å². The van der Waals surface area contributed by atoms with Gasteiger partial charge in [0.1, 0.15) is 17.5 Å². The number of nitrogens with one attached hydrogen (secondary N) is 1. The first-order valence-electron chi connectivity index (χ1n) is 8.65. The van der Waals surface area contributed by atoms with E-state index in [0.717, 1.165) is 22.9 Å². The van der Waals surface area contributed by atoms with Crippen LogP contribution in [0.4, 0.5) is 4.79 Å². The molecule has 1 aliphatic heterocycles. The highest BCUT2D eigenvalue weighted by Crippen LogP contribution is 2.26. The van der Waals surface area contributed by atoms with E-state index in [4.69, 9.17) is 10.5 Å². The highest BCUT2D eigenvalue weighted by Gasteiger charge is 2.31. The zero-order valence-corrected chi connectivity index (χ0v) is 16.0. The Bertz CT molecular complexity index is 867. The summed E-state index contributed by atoms with van der Waals surface area (Å²) >= 11 is 1.02. The Labute approximate surface area is 166 Å². The van der Waals surface area contributed by atoms with Gasteiger partial charge in [0.2, 0.25) is 5.91 Å². The second-order valence-electron chi connectivity index (χ2n) is 6.31. The monoisotopic (exact) mass is 400 g/mol. The quantitative estimate of drug-likeness (QED) is 0.687. The molecule has 0 saturated carbocycles. The van der Waals surface area contributed by atoms with Gasteiger partial charge >= 0.3 is 5.97 Å². The van der Waals surface area contributed by atoms with Gasteiger partial charge in [0.25, 0.3) is 5.24 Å². The minimum atomic E-state index is -0.695. The van der Waals surface area contributed by atoms with E-state index >= 15 is 0 Å². The minimum absolute atomic E-state index is 0.248. The Balaban J connectivity index is 1.56. The van der Waals surface area contributed by atoms with Gasteiger partial charge in [-0.3, -0.25) is 19.7 Å². The summed E-state index contributed by atoms with van der Waals surface area (Å²) in [4.78, 5) is 34.2. The van der Waals surface area contributed by atoms with Crippen molar-refractivity contribution in [3.63, 3.8) is 0 Å². The molecule has 0 aliphatic carbocycles. The molecule has 1 aliphatic rings. The average molecular weight is 400 g/mol. The van der Waals surface area contributed by atoms with Crippen molar-refractivity contribution >= 4 is 28.9 Å². The van der Waals surface area contributed by atoms with Crippen LogP contribution in [0.25, 0.3) is 0 Å². The Morgan fingerprint density at radius 1 is 1.07 bits per heavy atom. The van der Waals surface area contributed by atoms with Crippen molar-refractivity contribution in [3.8, 4) is 11.5 Å². The van der Waals surface area contributed by atoms with E-state index < -0.39 is 12.0 Å². The maximum Gasteiger partial charge on any atom is 0.322 e. The van der Waals surface area contributed by atoms with Gasteiger partial charge in [0, 0.05) is 0 Å². The molecule has 0 aromatic heterocycles. The number of esters is 1. The standard InChI is InChI=1S/C20H20N2O5S/c1-26-19(24)16(21)10-12-2-6-14(7-3-12)27-15-8-4-13(5-9-15)11-17-18(23)22-20(25)28-17/h2-9,16-17H,10-11,21H2,1H3,(H,22,23,25)/t16-,17?/m0/s1. The van der Waals surface area contributed by atoms with E-state index in [9.17, 15) is 14.4 Å². The van der Waals surface area contributed by atoms with Crippen molar-refractivity contribution in [2.75, 3.05) is 7.11 Å². The number of hydrogen-bond acceptors (Lipinski definition) is 7. The van der Waals surface area contributed by atoms with Crippen LogP contribution in [0.1, 0.15) is 11.1 Å². The molecule has 1 fully saturated rings. The van der Waals surface area contributed by atoms with Crippen molar-refractivity contribution < 1.29 is 23.9 Å². The SMILES string of the molecule is COC(=O)[C@@H](N)Cc1ccc(Oc2ccc(CC3SC(=O)NC3=O)cc2)cc1. The minimum Gasteiger partial charge on any atom is -0.468 e.